The highest BCUT2D eigenvalue weighted by atomic mass is 35.5. The predicted octanol–water partition coefficient (Wildman–Crippen LogP) is 2.32. The van der Waals surface area contributed by atoms with E-state index in [9.17, 15) is 14.4 Å². The molecule has 3 aliphatic heterocycles. The molecule has 3 aliphatic rings. The molecule has 0 bridgehead atoms. The fourth-order valence-electron chi connectivity index (χ4n) is 5.12. The number of para-hydroxylation sites is 1. The number of amides is 3. The van der Waals surface area contributed by atoms with Gasteiger partial charge in [-0.05, 0) is 25.0 Å². The van der Waals surface area contributed by atoms with E-state index in [1.165, 1.54) is 4.90 Å². The number of carbonyl (C=O) groups excluding carboxylic acids is 3. The molecule has 1 spiro atoms. The smallest absolute Gasteiger partial charge is 0.250 e. The maximum atomic E-state index is 13.4. The average molecular weight is 410 g/mol. The average Bonchev–Trinajstić information content (AvgIpc) is 3.27. The second-order valence-electron chi connectivity index (χ2n) is 7.92. The molecule has 3 amide bonds. The summed E-state index contributed by atoms with van der Waals surface area (Å²) in [4.78, 5) is 41.0. The zero-order chi connectivity index (χ0) is 20.3. The van der Waals surface area contributed by atoms with E-state index in [-0.39, 0.29) is 23.8 Å². The van der Waals surface area contributed by atoms with Crippen molar-refractivity contribution >= 4 is 35.0 Å². The first kappa shape index (κ1) is 18.3. The van der Waals surface area contributed by atoms with Gasteiger partial charge in [-0.1, -0.05) is 54.1 Å². The van der Waals surface area contributed by atoms with Gasteiger partial charge in [0.15, 0.2) is 0 Å². The molecule has 0 unspecified atom stereocenters. The first-order valence-corrected chi connectivity index (χ1v) is 10.1. The van der Waals surface area contributed by atoms with Crippen LogP contribution in [-0.2, 0) is 26.3 Å². The molecule has 3 heterocycles. The number of nitrogens with one attached hydrogen (secondary N) is 2. The van der Waals surface area contributed by atoms with Crippen LogP contribution in [0.1, 0.15) is 18.1 Å². The molecule has 0 radical (unpaired) electrons. The molecule has 0 aromatic heterocycles. The van der Waals surface area contributed by atoms with Gasteiger partial charge in [0.05, 0.1) is 22.5 Å². The molecule has 29 heavy (non-hydrogen) atoms. The van der Waals surface area contributed by atoms with Gasteiger partial charge in [-0.15, -0.1) is 0 Å². The van der Waals surface area contributed by atoms with Crippen molar-refractivity contribution in [2.24, 2.45) is 11.8 Å². The van der Waals surface area contributed by atoms with E-state index in [0.29, 0.717) is 29.2 Å². The van der Waals surface area contributed by atoms with Gasteiger partial charge >= 0.3 is 0 Å². The Morgan fingerprint density at radius 3 is 2.55 bits per heavy atom. The Hall–Kier alpha value is -2.70. The Labute approximate surface area is 173 Å². The van der Waals surface area contributed by atoms with Crippen LogP contribution < -0.4 is 10.6 Å². The Kier molecular flexibility index (Phi) is 4.05. The second kappa shape index (κ2) is 6.40. The maximum absolute atomic E-state index is 13.4. The quantitative estimate of drug-likeness (QED) is 0.762. The first-order chi connectivity index (χ1) is 13.9. The molecule has 2 saturated heterocycles. The minimum Gasteiger partial charge on any atom is -0.323 e. The molecule has 2 aromatic rings. The summed E-state index contributed by atoms with van der Waals surface area (Å²) in [6, 6.07) is 14.7. The molecular formula is C22H20ClN3O3. The second-order valence-corrected chi connectivity index (χ2v) is 8.33. The van der Waals surface area contributed by atoms with Crippen LogP contribution in [0.15, 0.2) is 48.5 Å². The lowest BCUT2D eigenvalue weighted by molar-refractivity contribution is -0.142. The molecular weight excluding hydrogens is 390 g/mol. The van der Waals surface area contributed by atoms with Crippen molar-refractivity contribution in [1.82, 2.24) is 10.2 Å². The van der Waals surface area contributed by atoms with Crippen molar-refractivity contribution in [2.45, 2.75) is 24.9 Å². The van der Waals surface area contributed by atoms with Crippen LogP contribution in [0.4, 0.5) is 5.69 Å². The highest BCUT2D eigenvalue weighted by Crippen LogP contribution is 2.53. The van der Waals surface area contributed by atoms with Crippen LogP contribution in [0.2, 0.25) is 5.02 Å². The summed E-state index contributed by atoms with van der Waals surface area (Å²) in [5, 5.41) is 6.52. The van der Waals surface area contributed by atoms with Crippen molar-refractivity contribution < 1.29 is 14.4 Å². The minimum absolute atomic E-state index is 0.212. The van der Waals surface area contributed by atoms with Gasteiger partial charge in [0.1, 0.15) is 5.54 Å². The van der Waals surface area contributed by atoms with Crippen LogP contribution in [0, 0.1) is 11.8 Å². The number of hydrogen-bond acceptors (Lipinski definition) is 4. The number of anilines is 1. The third-order valence-electron chi connectivity index (χ3n) is 6.40. The summed E-state index contributed by atoms with van der Waals surface area (Å²) < 4.78 is 0. The molecule has 2 aromatic carbocycles. The molecule has 148 valence electrons. The number of benzene rings is 2. The van der Waals surface area contributed by atoms with Gasteiger partial charge in [0.2, 0.25) is 17.7 Å². The molecule has 7 heteroatoms. The molecule has 4 atom stereocenters. The zero-order valence-corrected chi connectivity index (χ0v) is 16.6. The van der Waals surface area contributed by atoms with Crippen molar-refractivity contribution in [1.29, 1.82) is 0 Å². The van der Waals surface area contributed by atoms with Gasteiger partial charge in [0.25, 0.3) is 0 Å². The molecule has 6 nitrogen and oxygen atoms in total. The number of likely N-dealkylation sites (tertiary alicyclic amines) is 1. The number of carbonyl (C=O) groups is 3. The molecule has 2 fully saturated rings. The number of rotatable bonds is 3. The largest absolute Gasteiger partial charge is 0.323 e. The third-order valence-corrected chi connectivity index (χ3v) is 6.72. The molecule has 5 rings (SSSR count). The van der Waals surface area contributed by atoms with Crippen molar-refractivity contribution in [3.8, 4) is 0 Å². The lowest BCUT2D eigenvalue weighted by Crippen LogP contribution is -2.53. The number of imide groups is 1. The van der Waals surface area contributed by atoms with Gasteiger partial charge in [0, 0.05) is 18.2 Å². The van der Waals surface area contributed by atoms with Crippen LogP contribution in [0.5, 0.6) is 0 Å². The van der Waals surface area contributed by atoms with Crippen molar-refractivity contribution in [3.63, 3.8) is 0 Å². The Balaban J connectivity index is 1.52. The van der Waals surface area contributed by atoms with E-state index >= 15 is 0 Å². The van der Waals surface area contributed by atoms with Gasteiger partial charge in [-0.25, -0.2) is 0 Å². The fourth-order valence-corrected chi connectivity index (χ4v) is 5.34. The van der Waals surface area contributed by atoms with Crippen LogP contribution >= 0.6 is 11.6 Å². The summed E-state index contributed by atoms with van der Waals surface area (Å²) in [5.74, 6) is -2.19. The van der Waals surface area contributed by atoms with Crippen molar-refractivity contribution in [2.75, 3.05) is 11.9 Å². The normalized spacial score (nSPS) is 30.1. The number of hydrogen-bond donors (Lipinski definition) is 2. The van der Waals surface area contributed by atoms with Gasteiger partial charge in [-0.2, -0.15) is 0 Å². The standard InChI is InChI=1S/C22H20ClN3O3/c1-12-16-17(20(28)26(19(16)27)11-10-13-6-3-2-4-7-13)22(25-12)14-8-5-9-15(23)18(14)24-21(22)29/h2-9,12,16-17,25H,10-11H2,1H3,(H,24,29)/t12-,16+,17-,22-/m0/s1. The number of fused-ring (bicyclic) bond motifs is 4. The maximum Gasteiger partial charge on any atom is 0.250 e. The van der Waals surface area contributed by atoms with Crippen LogP contribution in [0.3, 0.4) is 0 Å². The van der Waals surface area contributed by atoms with E-state index in [1.54, 1.807) is 18.2 Å². The van der Waals surface area contributed by atoms with E-state index in [1.807, 2.05) is 37.3 Å². The van der Waals surface area contributed by atoms with Crippen LogP contribution in [0.25, 0.3) is 0 Å². The summed E-state index contributed by atoms with van der Waals surface area (Å²) in [6.07, 6.45) is 0.585. The summed E-state index contributed by atoms with van der Waals surface area (Å²) >= 11 is 6.28. The Morgan fingerprint density at radius 1 is 1.03 bits per heavy atom. The number of nitrogens with zero attached hydrogens (tertiary/aromatic N) is 1. The predicted molar refractivity (Wildman–Crippen MR) is 108 cm³/mol. The molecule has 0 aliphatic carbocycles. The topological polar surface area (TPSA) is 78.5 Å². The van der Waals surface area contributed by atoms with E-state index in [4.69, 9.17) is 11.6 Å². The monoisotopic (exact) mass is 409 g/mol. The lowest BCUT2D eigenvalue weighted by Gasteiger charge is -2.29. The lowest BCUT2D eigenvalue weighted by atomic mass is 9.76. The molecule has 0 saturated carbocycles. The third kappa shape index (κ3) is 2.42. The summed E-state index contributed by atoms with van der Waals surface area (Å²) in [6.45, 7) is 2.16. The highest BCUT2D eigenvalue weighted by molar-refractivity contribution is 6.35. The highest BCUT2D eigenvalue weighted by Gasteiger charge is 2.69. The number of halogens is 1. The summed E-state index contributed by atoms with van der Waals surface area (Å²) in [5.41, 5.74) is 0.947. The Morgan fingerprint density at radius 2 is 1.79 bits per heavy atom. The zero-order valence-electron chi connectivity index (χ0n) is 15.8. The van der Waals surface area contributed by atoms with Gasteiger partial charge < -0.3 is 5.32 Å². The van der Waals surface area contributed by atoms with Crippen LogP contribution in [-0.4, -0.2) is 35.2 Å². The Bertz CT molecular complexity index is 1040. The SMILES string of the molecule is C[C@@H]1N[C@]2(C(=O)Nc3c(Cl)cccc32)[C@@H]2C(=O)N(CCc3ccccc3)C(=O)[C@H]12. The first-order valence-electron chi connectivity index (χ1n) is 9.72. The molecule has 2 N–H and O–H groups in total. The minimum atomic E-state index is -1.27. The van der Waals surface area contributed by atoms with Crippen molar-refractivity contribution in [3.05, 3.63) is 64.7 Å². The van der Waals surface area contributed by atoms with Gasteiger partial charge in [-0.3, -0.25) is 24.6 Å². The summed E-state index contributed by atoms with van der Waals surface area (Å²) in [7, 11) is 0. The van der Waals surface area contributed by atoms with E-state index < -0.39 is 17.4 Å². The fraction of sp³-hybridized carbons (Fsp3) is 0.318. The van der Waals surface area contributed by atoms with E-state index in [0.717, 1.165) is 5.56 Å². The van der Waals surface area contributed by atoms with E-state index in [2.05, 4.69) is 10.6 Å².